The summed E-state index contributed by atoms with van der Waals surface area (Å²) in [6, 6.07) is -0.0684. The van der Waals surface area contributed by atoms with Crippen molar-refractivity contribution in [3.63, 3.8) is 0 Å². The van der Waals surface area contributed by atoms with E-state index in [1.54, 1.807) is 18.0 Å². The molecule has 1 aliphatic rings. The maximum absolute atomic E-state index is 12.0. The number of amides is 1. The second-order valence-electron chi connectivity index (χ2n) is 4.48. The Hall–Kier alpha value is -1.40. The zero-order valence-electron chi connectivity index (χ0n) is 10.7. The summed E-state index contributed by atoms with van der Waals surface area (Å²) < 4.78 is 6.73. The number of nitrogens with one attached hydrogen (secondary N) is 2. The second kappa shape index (κ2) is 6.51. The summed E-state index contributed by atoms with van der Waals surface area (Å²) in [5, 5.41) is 10.3. The number of hydrogen-bond donors (Lipinski definition) is 2. The molecule has 6 nitrogen and oxygen atoms in total. The number of rotatable bonds is 5. The van der Waals surface area contributed by atoms with Crippen LogP contribution in [0.2, 0.25) is 0 Å². The van der Waals surface area contributed by atoms with Gasteiger partial charge in [0.2, 0.25) is 5.91 Å². The Morgan fingerprint density at radius 3 is 3.28 bits per heavy atom. The first-order valence-corrected chi connectivity index (χ1v) is 6.35. The van der Waals surface area contributed by atoms with Crippen LogP contribution >= 0.6 is 0 Å². The molecule has 0 aromatic carbocycles. The lowest BCUT2D eigenvalue weighted by Crippen LogP contribution is -2.43. The molecule has 1 saturated heterocycles. The molecule has 0 spiro atoms. The van der Waals surface area contributed by atoms with Crippen LogP contribution < -0.4 is 10.6 Å². The van der Waals surface area contributed by atoms with E-state index in [0.29, 0.717) is 13.2 Å². The van der Waals surface area contributed by atoms with Gasteiger partial charge in [-0.3, -0.25) is 9.48 Å². The quantitative estimate of drug-likeness (QED) is 0.805. The van der Waals surface area contributed by atoms with Crippen molar-refractivity contribution in [3.8, 4) is 0 Å². The topological polar surface area (TPSA) is 68.2 Å². The van der Waals surface area contributed by atoms with E-state index in [1.165, 1.54) is 0 Å². The molecule has 1 fully saturated rings. The number of ether oxygens (including phenoxy) is 1. The van der Waals surface area contributed by atoms with Gasteiger partial charge in [0.25, 0.3) is 0 Å². The van der Waals surface area contributed by atoms with Crippen LogP contribution in [0.15, 0.2) is 12.4 Å². The van der Waals surface area contributed by atoms with E-state index in [4.69, 9.17) is 4.74 Å². The lowest BCUT2D eigenvalue weighted by atomic mass is 10.0. The summed E-state index contributed by atoms with van der Waals surface area (Å²) >= 11 is 0. The number of methoxy groups -OCH3 is 1. The van der Waals surface area contributed by atoms with Gasteiger partial charge in [-0.2, -0.15) is 5.10 Å². The van der Waals surface area contributed by atoms with Crippen LogP contribution in [0.5, 0.6) is 0 Å². The first-order chi connectivity index (χ1) is 8.79. The number of anilines is 1. The third-order valence-corrected chi connectivity index (χ3v) is 3.05. The fourth-order valence-electron chi connectivity index (χ4n) is 2.04. The summed E-state index contributed by atoms with van der Waals surface area (Å²) in [4.78, 5) is 12.0. The molecule has 0 bridgehead atoms. The Labute approximate surface area is 107 Å². The summed E-state index contributed by atoms with van der Waals surface area (Å²) in [5.74, 6) is 0.0287. The van der Waals surface area contributed by atoms with Crippen molar-refractivity contribution in [3.05, 3.63) is 12.4 Å². The van der Waals surface area contributed by atoms with Gasteiger partial charge in [-0.1, -0.05) is 6.42 Å². The summed E-state index contributed by atoms with van der Waals surface area (Å²) in [6.07, 6.45) is 6.65. The van der Waals surface area contributed by atoms with Gasteiger partial charge in [-0.05, 0) is 19.4 Å². The average Bonchev–Trinajstić information content (AvgIpc) is 2.85. The van der Waals surface area contributed by atoms with Crippen molar-refractivity contribution in [1.82, 2.24) is 15.1 Å². The van der Waals surface area contributed by atoms with E-state index >= 15 is 0 Å². The van der Waals surface area contributed by atoms with Gasteiger partial charge in [0.05, 0.1) is 31.1 Å². The largest absolute Gasteiger partial charge is 0.383 e. The number of hydrogen-bond acceptors (Lipinski definition) is 4. The van der Waals surface area contributed by atoms with Crippen LogP contribution in [0.1, 0.15) is 19.3 Å². The van der Waals surface area contributed by atoms with Crippen LogP contribution in [0.25, 0.3) is 0 Å². The smallest absolute Gasteiger partial charge is 0.241 e. The molecule has 1 amide bonds. The van der Waals surface area contributed by atoms with E-state index in [9.17, 15) is 4.79 Å². The van der Waals surface area contributed by atoms with Crippen molar-refractivity contribution in [2.24, 2.45) is 0 Å². The van der Waals surface area contributed by atoms with Crippen molar-refractivity contribution >= 4 is 11.6 Å². The zero-order valence-corrected chi connectivity index (χ0v) is 10.7. The minimum atomic E-state index is -0.0684. The molecule has 2 N–H and O–H groups in total. The normalized spacial score (nSPS) is 19.7. The van der Waals surface area contributed by atoms with Crippen molar-refractivity contribution in [2.45, 2.75) is 31.8 Å². The number of carbonyl (C=O) groups is 1. The molecule has 2 heterocycles. The monoisotopic (exact) mass is 252 g/mol. The van der Waals surface area contributed by atoms with Gasteiger partial charge in [0.15, 0.2) is 0 Å². The van der Waals surface area contributed by atoms with Gasteiger partial charge >= 0.3 is 0 Å². The minimum absolute atomic E-state index is 0.0287. The van der Waals surface area contributed by atoms with Gasteiger partial charge in [-0.15, -0.1) is 0 Å². The highest BCUT2D eigenvalue weighted by atomic mass is 16.5. The first-order valence-electron chi connectivity index (χ1n) is 6.35. The molecule has 1 atom stereocenters. The minimum Gasteiger partial charge on any atom is -0.383 e. The SMILES string of the molecule is COCCn1cc(NC(=O)[C@H]2CCCCN2)cn1. The molecular formula is C12H20N4O2. The third-order valence-electron chi connectivity index (χ3n) is 3.05. The molecule has 1 aliphatic heterocycles. The highest BCUT2D eigenvalue weighted by Gasteiger charge is 2.20. The highest BCUT2D eigenvalue weighted by molar-refractivity contribution is 5.94. The van der Waals surface area contributed by atoms with E-state index in [0.717, 1.165) is 31.5 Å². The molecule has 0 aliphatic carbocycles. The summed E-state index contributed by atoms with van der Waals surface area (Å²) in [6.45, 7) is 2.22. The van der Waals surface area contributed by atoms with Gasteiger partial charge < -0.3 is 15.4 Å². The molecule has 0 saturated carbocycles. The Bertz CT molecular complexity index is 385. The predicted molar refractivity (Wildman–Crippen MR) is 68.4 cm³/mol. The van der Waals surface area contributed by atoms with Crippen molar-refractivity contribution in [1.29, 1.82) is 0 Å². The standard InChI is InChI=1S/C12H20N4O2/c1-18-7-6-16-9-10(8-14-16)15-12(17)11-4-2-3-5-13-11/h8-9,11,13H,2-7H2,1H3,(H,15,17)/t11-/m1/s1. The first kappa shape index (κ1) is 13.0. The van der Waals surface area contributed by atoms with E-state index in [1.807, 2.05) is 6.20 Å². The Kier molecular flexibility index (Phi) is 4.72. The van der Waals surface area contributed by atoms with E-state index in [2.05, 4.69) is 15.7 Å². The highest BCUT2D eigenvalue weighted by Crippen LogP contribution is 2.10. The Morgan fingerprint density at radius 2 is 2.56 bits per heavy atom. The van der Waals surface area contributed by atoms with E-state index < -0.39 is 0 Å². The second-order valence-corrected chi connectivity index (χ2v) is 4.48. The number of piperidine rings is 1. The zero-order chi connectivity index (χ0) is 12.8. The Morgan fingerprint density at radius 1 is 1.67 bits per heavy atom. The average molecular weight is 252 g/mol. The summed E-state index contributed by atoms with van der Waals surface area (Å²) in [7, 11) is 1.65. The molecule has 0 unspecified atom stereocenters. The van der Waals surface area contributed by atoms with Crippen LogP contribution in [0.4, 0.5) is 5.69 Å². The molecule has 2 rings (SSSR count). The molecule has 100 valence electrons. The fourth-order valence-corrected chi connectivity index (χ4v) is 2.04. The molecule has 1 aromatic rings. The molecule has 18 heavy (non-hydrogen) atoms. The third kappa shape index (κ3) is 3.54. The number of carbonyl (C=O) groups excluding carboxylic acids is 1. The van der Waals surface area contributed by atoms with Gasteiger partial charge in [0, 0.05) is 13.3 Å². The van der Waals surface area contributed by atoms with Crippen LogP contribution in [0, 0.1) is 0 Å². The van der Waals surface area contributed by atoms with Gasteiger partial charge in [0.1, 0.15) is 0 Å². The number of aromatic nitrogens is 2. The molecule has 0 radical (unpaired) electrons. The fraction of sp³-hybridized carbons (Fsp3) is 0.667. The van der Waals surface area contributed by atoms with Crippen molar-refractivity contribution in [2.75, 3.05) is 25.6 Å². The van der Waals surface area contributed by atoms with Crippen molar-refractivity contribution < 1.29 is 9.53 Å². The lowest BCUT2D eigenvalue weighted by molar-refractivity contribution is -0.118. The maximum atomic E-state index is 12.0. The molecule has 6 heteroatoms. The number of nitrogens with zero attached hydrogens (tertiary/aromatic N) is 2. The summed E-state index contributed by atoms with van der Waals surface area (Å²) in [5.41, 5.74) is 0.739. The lowest BCUT2D eigenvalue weighted by Gasteiger charge is -2.22. The predicted octanol–water partition coefficient (Wildman–Crippen LogP) is 0.610. The maximum Gasteiger partial charge on any atom is 0.241 e. The Balaban J connectivity index is 1.84. The molecule has 1 aromatic heterocycles. The van der Waals surface area contributed by atoms with Crippen LogP contribution in [-0.4, -0.2) is 42.0 Å². The van der Waals surface area contributed by atoms with Crippen LogP contribution in [-0.2, 0) is 16.1 Å². The molecular weight excluding hydrogens is 232 g/mol. The van der Waals surface area contributed by atoms with E-state index in [-0.39, 0.29) is 11.9 Å². The van der Waals surface area contributed by atoms with Crippen LogP contribution in [0.3, 0.4) is 0 Å². The van der Waals surface area contributed by atoms with Gasteiger partial charge in [-0.25, -0.2) is 0 Å².